The van der Waals surface area contributed by atoms with Crippen LogP contribution in [0.3, 0.4) is 0 Å². The number of nitrogens with zero attached hydrogens (tertiary/aromatic N) is 1. The van der Waals surface area contributed by atoms with Crippen LogP contribution >= 0.6 is 27.3 Å². The summed E-state index contributed by atoms with van der Waals surface area (Å²) in [7, 11) is 0. The highest BCUT2D eigenvalue weighted by Gasteiger charge is 2.07. The third-order valence-electron chi connectivity index (χ3n) is 2.66. The number of halogens is 1. The standard InChI is InChI=1S/C12H19BrN2OS/c1-3-15(4-2)7-5-6-14-12(16)10-8-11(13)17-9-10/h8-9H,3-7H2,1-2H3,(H,14,16). The van der Waals surface area contributed by atoms with Crippen LogP contribution in [-0.4, -0.2) is 37.0 Å². The van der Waals surface area contributed by atoms with Gasteiger partial charge in [0.05, 0.1) is 9.35 Å². The molecule has 1 N–H and O–H groups in total. The summed E-state index contributed by atoms with van der Waals surface area (Å²) in [5.41, 5.74) is 0.740. The molecule has 1 aromatic rings. The van der Waals surface area contributed by atoms with Gasteiger partial charge in [-0.1, -0.05) is 13.8 Å². The molecular weight excluding hydrogens is 300 g/mol. The lowest BCUT2D eigenvalue weighted by Gasteiger charge is -2.17. The lowest BCUT2D eigenvalue weighted by molar-refractivity contribution is 0.0952. The van der Waals surface area contributed by atoms with E-state index >= 15 is 0 Å². The Morgan fingerprint density at radius 2 is 2.18 bits per heavy atom. The first-order chi connectivity index (χ1) is 8.17. The van der Waals surface area contributed by atoms with Crippen LogP contribution in [-0.2, 0) is 0 Å². The number of hydrogen-bond donors (Lipinski definition) is 1. The zero-order valence-corrected chi connectivity index (χ0v) is 12.7. The zero-order chi connectivity index (χ0) is 12.7. The molecule has 0 atom stereocenters. The first-order valence-corrected chi connectivity index (χ1v) is 7.59. The van der Waals surface area contributed by atoms with Crippen molar-refractivity contribution in [1.82, 2.24) is 10.2 Å². The average molecular weight is 319 g/mol. The molecule has 1 heterocycles. The highest BCUT2D eigenvalue weighted by molar-refractivity contribution is 9.11. The molecule has 0 radical (unpaired) electrons. The predicted octanol–water partition coefficient (Wildman–Crippen LogP) is 2.97. The minimum absolute atomic E-state index is 0.0199. The summed E-state index contributed by atoms with van der Waals surface area (Å²) < 4.78 is 0.991. The topological polar surface area (TPSA) is 32.3 Å². The van der Waals surface area contributed by atoms with Gasteiger partial charge in [-0.15, -0.1) is 11.3 Å². The Kier molecular flexibility index (Phi) is 6.77. The molecule has 0 aliphatic heterocycles. The molecule has 0 aromatic carbocycles. The van der Waals surface area contributed by atoms with Crippen LogP contribution in [0, 0.1) is 0 Å². The maximum absolute atomic E-state index is 11.7. The third kappa shape index (κ3) is 5.19. The highest BCUT2D eigenvalue weighted by atomic mass is 79.9. The summed E-state index contributed by atoms with van der Waals surface area (Å²) >= 11 is 4.88. The Hall–Kier alpha value is -0.390. The molecule has 0 unspecified atom stereocenters. The molecule has 3 nitrogen and oxygen atoms in total. The molecule has 0 fully saturated rings. The van der Waals surface area contributed by atoms with Gasteiger partial charge in [-0.2, -0.15) is 0 Å². The van der Waals surface area contributed by atoms with E-state index in [0.717, 1.165) is 41.9 Å². The maximum Gasteiger partial charge on any atom is 0.252 e. The van der Waals surface area contributed by atoms with Crippen molar-refractivity contribution >= 4 is 33.2 Å². The van der Waals surface area contributed by atoms with E-state index in [9.17, 15) is 4.79 Å². The van der Waals surface area contributed by atoms with Crippen molar-refractivity contribution in [3.63, 3.8) is 0 Å². The lowest BCUT2D eigenvalue weighted by Crippen LogP contribution is -2.29. The van der Waals surface area contributed by atoms with E-state index in [1.54, 1.807) is 0 Å². The van der Waals surface area contributed by atoms with Crippen molar-refractivity contribution < 1.29 is 4.79 Å². The van der Waals surface area contributed by atoms with Gasteiger partial charge in [0.1, 0.15) is 0 Å². The van der Waals surface area contributed by atoms with Crippen LogP contribution in [0.15, 0.2) is 15.2 Å². The number of rotatable bonds is 7. The minimum atomic E-state index is 0.0199. The van der Waals surface area contributed by atoms with E-state index in [1.165, 1.54) is 11.3 Å². The van der Waals surface area contributed by atoms with Crippen LogP contribution < -0.4 is 5.32 Å². The van der Waals surface area contributed by atoms with Crippen molar-refractivity contribution in [2.45, 2.75) is 20.3 Å². The van der Waals surface area contributed by atoms with E-state index in [2.05, 4.69) is 40.0 Å². The van der Waals surface area contributed by atoms with Gasteiger partial charge in [0.15, 0.2) is 0 Å². The van der Waals surface area contributed by atoms with Crippen molar-refractivity contribution in [2.24, 2.45) is 0 Å². The van der Waals surface area contributed by atoms with Gasteiger partial charge < -0.3 is 10.2 Å². The van der Waals surface area contributed by atoms with Crippen molar-refractivity contribution in [1.29, 1.82) is 0 Å². The van der Waals surface area contributed by atoms with Gasteiger partial charge in [0, 0.05) is 11.9 Å². The van der Waals surface area contributed by atoms with E-state index in [1.807, 2.05) is 11.4 Å². The van der Waals surface area contributed by atoms with Crippen molar-refractivity contribution in [2.75, 3.05) is 26.2 Å². The molecule has 1 aromatic heterocycles. The second-order valence-electron chi connectivity index (χ2n) is 3.78. The fourth-order valence-electron chi connectivity index (χ4n) is 1.58. The molecule has 0 saturated heterocycles. The van der Waals surface area contributed by atoms with Gasteiger partial charge in [0.2, 0.25) is 0 Å². The molecule has 96 valence electrons. The quantitative estimate of drug-likeness (QED) is 0.784. The Balaban J connectivity index is 2.21. The molecule has 17 heavy (non-hydrogen) atoms. The smallest absolute Gasteiger partial charge is 0.252 e. The zero-order valence-electron chi connectivity index (χ0n) is 10.3. The molecule has 0 aliphatic rings. The number of thiophene rings is 1. The summed E-state index contributed by atoms with van der Waals surface area (Å²) in [6, 6.07) is 1.85. The van der Waals surface area contributed by atoms with Crippen LogP contribution in [0.1, 0.15) is 30.6 Å². The number of nitrogens with one attached hydrogen (secondary N) is 1. The number of carbonyl (C=O) groups excluding carboxylic acids is 1. The molecule has 0 saturated carbocycles. The number of carbonyl (C=O) groups is 1. The second-order valence-corrected chi connectivity index (χ2v) is 6.07. The summed E-state index contributed by atoms with van der Waals surface area (Å²) in [4.78, 5) is 14.1. The van der Waals surface area contributed by atoms with Gasteiger partial charge in [-0.25, -0.2) is 0 Å². The Bertz CT molecular complexity index is 350. The molecule has 1 rings (SSSR count). The maximum atomic E-state index is 11.7. The predicted molar refractivity (Wildman–Crippen MR) is 76.8 cm³/mol. The molecular formula is C12H19BrN2OS. The van der Waals surface area contributed by atoms with E-state index in [0.29, 0.717) is 0 Å². The van der Waals surface area contributed by atoms with Crippen molar-refractivity contribution in [3.8, 4) is 0 Å². The van der Waals surface area contributed by atoms with Crippen LogP contribution in [0.4, 0.5) is 0 Å². The number of amides is 1. The third-order valence-corrected chi connectivity index (χ3v) is 4.17. The van der Waals surface area contributed by atoms with Gasteiger partial charge in [0.25, 0.3) is 5.91 Å². The van der Waals surface area contributed by atoms with E-state index in [-0.39, 0.29) is 5.91 Å². The van der Waals surface area contributed by atoms with Gasteiger partial charge >= 0.3 is 0 Å². The molecule has 0 spiro atoms. The largest absolute Gasteiger partial charge is 0.352 e. The fourth-order valence-corrected chi connectivity index (χ4v) is 2.71. The van der Waals surface area contributed by atoms with Crippen LogP contribution in [0.2, 0.25) is 0 Å². The Labute approximate surface area is 115 Å². The lowest BCUT2D eigenvalue weighted by atomic mass is 10.3. The average Bonchev–Trinajstić information content (AvgIpc) is 2.76. The SMILES string of the molecule is CCN(CC)CCCNC(=O)c1csc(Br)c1. The molecule has 1 amide bonds. The molecule has 5 heteroatoms. The monoisotopic (exact) mass is 318 g/mol. The van der Waals surface area contributed by atoms with Crippen molar-refractivity contribution in [3.05, 3.63) is 20.8 Å². The van der Waals surface area contributed by atoms with Crippen LogP contribution in [0.25, 0.3) is 0 Å². The summed E-state index contributed by atoms with van der Waals surface area (Å²) in [5.74, 6) is 0.0199. The van der Waals surface area contributed by atoms with Crippen LogP contribution in [0.5, 0.6) is 0 Å². The fraction of sp³-hybridized carbons (Fsp3) is 0.583. The normalized spacial score (nSPS) is 10.8. The Morgan fingerprint density at radius 3 is 2.71 bits per heavy atom. The number of hydrogen-bond acceptors (Lipinski definition) is 3. The highest BCUT2D eigenvalue weighted by Crippen LogP contribution is 2.20. The molecule has 0 aliphatic carbocycles. The minimum Gasteiger partial charge on any atom is -0.352 e. The summed E-state index contributed by atoms with van der Waals surface area (Å²) in [6.07, 6.45) is 0.999. The Morgan fingerprint density at radius 1 is 1.47 bits per heavy atom. The van der Waals surface area contributed by atoms with Gasteiger partial charge in [-0.3, -0.25) is 4.79 Å². The summed E-state index contributed by atoms with van der Waals surface area (Å²) in [6.45, 7) is 8.24. The first-order valence-electron chi connectivity index (χ1n) is 5.92. The van der Waals surface area contributed by atoms with E-state index in [4.69, 9.17) is 0 Å². The second kappa shape index (κ2) is 7.84. The first kappa shape index (κ1) is 14.7. The van der Waals surface area contributed by atoms with E-state index < -0.39 is 0 Å². The molecule has 0 bridgehead atoms. The van der Waals surface area contributed by atoms with Gasteiger partial charge in [-0.05, 0) is 48.1 Å². The summed E-state index contributed by atoms with van der Waals surface area (Å²) in [5, 5.41) is 4.80.